The third-order valence-corrected chi connectivity index (χ3v) is 7.38. The molecule has 0 amide bonds. The van der Waals surface area contributed by atoms with Crippen molar-refractivity contribution < 1.29 is 17.9 Å². The van der Waals surface area contributed by atoms with Crippen molar-refractivity contribution in [2.45, 2.75) is 31.6 Å². The first-order valence-electron chi connectivity index (χ1n) is 13.7. The van der Waals surface area contributed by atoms with Crippen LogP contribution in [0.3, 0.4) is 0 Å². The molecule has 0 radical (unpaired) electrons. The van der Waals surface area contributed by atoms with E-state index in [9.17, 15) is 13.2 Å². The van der Waals surface area contributed by atoms with Gasteiger partial charge in [-0.2, -0.15) is 13.2 Å². The van der Waals surface area contributed by atoms with Gasteiger partial charge in [0.25, 0.3) is 0 Å². The molecular weight excluding hydrogens is 545 g/mol. The van der Waals surface area contributed by atoms with Crippen molar-refractivity contribution in [3.8, 4) is 5.75 Å². The van der Waals surface area contributed by atoms with Gasteiger partial charge < -0.3 is 9.64 Å². The number of rotatable bonds is 13. The molecule has 41 heavy (non-hydrogen) atoms. The summed E-state index contributed by atoms with van der Waals surface area (Å²) in [6.07, 6.45) is -3.81. The van der Waals surface area contributed by atoms with E-state index in [1.165, 1.54) is 11.6 Å². The second-order valence-electron chi connectivity index (χ2n) is 10.5. The van der Waals surface area contributed by atoms with E-state index >= 15 is 0 Å². The Hall–Kier alpha value is -3.32. The lowest BCUT2D eigenvalue weighted by Crippen LogP contribution is -2.31. The first kappa shape index (κ1) is 30.6. The van der Waals surface area contributed by atoms with Gasteiger partial charge in [0.05, 0.1) is 17.2 Å². The molecule has 0 aliphatic heterocycles. The van der Waals surface area contributed by atoms with Crippen LogP contribution in [0.4, 0.5) is 13.2 Å². The number of ether oxygens (including phenoxy) is 1. The van der Waals surface area contributed by atoms with Gasteiger partial charge in [0.2, 0.25) is 0 Å². The van der Waals surface area contributed by atoms with Crippen LogP contribution in [0.15, 0.2) is 103 Å². The van der Waals surface area contributed by atoms with E-state index in [-0.39, 0.29) is 17.5 Å². The molecule has 0 bridgehead atoms. The van der Waals surface area contributed by atoms with E-state index in [1.807, 2.05) is 62.6 Å². The summed E-state index contributed by atoms with van der Waals surface area (Å²) < 4.78 is 46.8. The molecule has 0 saturated heterocycles. The topological polar surface area (TPSA) is 15.7 Å². The molecule has 0 N–H and O–H groups in total. The summed E-state index contributed by atoms with van der Waals surface area (Å²) in [5, 5.41) is -0.241. The average Bonchev–Trinajstić information content (AvgIpc) is 2.95. The molecule has 0 unspecified atom stereocenters. The van der Waals surface area contributed by atoms with Gasteiger partial charge in [0.1, 0.15) is 5.75 Å². The van der Waals surface area contributed by atoms with E-state index in [0.29, 0.717) is 31.7 Å². The van der Waals surface area contributed by atoms with Gasteiger partial charge >= 0.3 is 6.18 Å². The van der Waals surface area contributed by atoms with Gasteiger partial charge in [-0.1, -0.05) is 96.5 Å². The Bertz CT molecular complexity index is 1310. The Kier molecular flexibility index (Phi) is 10.9. The van der Waals surface area contributed by atoms with Crippen molar-refractivity contribution in [2.24, 2.45) is 0 Å². The fourth-order valence-electron chi connectivity index (χ4n) is 4.96. The largest absolute Gasteiger partial charge is 0.494 e. The highest BCUT2D eigenvalue weighted by Crippen LogP contribution is 2.37. The molecule has 0 aliphatic rings. The molecule has 0 saturated carbocycles. The monoisotopic (exact) mass is 580 g/mol. The molecular formula is C34H36ClF3N2O. The van der Waals surface area contributed by atoms with Gasteiger partial charge in [-0.3, -0.25) is 4.90 Å². The van der Waals surface area contributed by atoms with Crippen molar-refractivity contribution in [1.82, 2.24) is 9.80 Å². The first-order valence-corrected chi connectivity index (χ1v) is 14.1. The number of hydrogen-bond acceptors (Lipinski definition) is 3. The minimum absolute atomic E-state index is 0.0344. The van der Waals surface area contributed by atoms with Crippen molar-refractivity contribution in [2.75, 3.05) is 33.8 Å². The average molecular weight is 581 g/mol. The summed E-state index contributed by atoms with van der Waals surface area (Å²) in [6.45, 7) is 2.87. The number of halogens is 4. The van der Waals surface area contributed by atoms with E-state index in [0.717, 1.165) is 29.5 Å². The Morgan fingerprint density at radius 3 is 1.93 bits per heavy atom. The van der Waals surface area contributed by atoms with Crippen molar-refractivity contribution in [3.63, 3.8) is 0 Å². The molecule has 216 valence electrons. The lowest BCUT2D eigenvalue weighted by atomic mass is 9.90. The molecule has 0 atom stereocenters. The van der Waals surface area contributed by atoms with Crippen LogP contribution in [0.1, 0.15) is 40.2 Å². The predicted molar refractivity (Wildman–Crippen MR) is 160 cm³/mol. The molecule has 0 heterocycles. The van der Waals surface area contributed by atoms with E-state index in [4.69, 9.17) is 16.3 Å². The van der Waals surface area contributed by atoms with Crippen LogP contribution >= 0.6 is 11.6 Å². The van der Waals surface area contributed by atoms with Crippen LogP contribution in [0.25, 0.3) is 0 Å². The summed E-state index contributed by atoms with van der Waals surface area (Å²) in [7, 11) is 4.06. The summed E-state index contributed by atoms with van der Waals surface area (Å²) in [5.41, 5.74) is 3.15. The smallest absolute Gasteiger partial charge is 0.417 e. The molecule has 4 rings (SSSR count). The van der Waals surface area contributed by atoms with Crippen molar-refractivity contribution >= 4 is 11.6 Å². The van der Waals surface area contributed by atoms with Crippen LogP contribution in [0.5, 0.6) is 5.75 Å². The fourth-order valence-corrected chi connectivity index (χ4v) is 5.26. The van der Waals surface area contributed by atoms with Crippen LogP contribution in [-0.4, -0.2) is 43.6 Å². The lowest BCUT2D eigenvalue weighted by Gasteiger charge is -2.29. The van der Waals surface area contributed by atoms with Gasteiger partial charge in [0, 0.05) is 32.1 Å². The minimum atomic E-state index is -4.51. The number of alkyl halides is 3. The van der Waals surface area contributed by atoms with E-state index < -0.39 is 11.7 Å². The zero-order chi connectivity index (χ0) is 29.2. The summed E-state index contributed by atoms with van der Waals surface area (Å²) in [6, 6.07) is 32.6. The molecule has 4 aromatic carbocycles. The third kappa shape index (κ3) is 9.09. The van der Waals surface area contributed by atoms with Gasteiger partial charge in [-0.05, 0) is 61.0 Å². The van der Waals surface area contributed by atoms with Crippen LogP contribution in [0, 0.1) is 0 Å². The van der Waals surface area contributed by atoms with Crippen molar-refractivity contribution in [1.29, 1.82) is 0 Å². The molecule has 0 aliphatic carbocycles. The molecule has 0 spiro atoms. The summed E-state index contributed by atoms with van der Waals surface area (Å²) >= 11 is 6.32. The molecule has 3 nitrogen and oxygen atoms in total. The maximum Gasteiger partial charge on any atom is 0.417 e. The SMILES string of the molecule is CN(C)Cc1ccc(OCCCN(Cc2cccc(C(F)(F)F)c2Cl)CC(c2ccccc2)c2ccccc2)cc1. The highest BCUT2D eigenvalue weighted by Gasteiger charge is 2.34. The van der Waals surface area contributed by atoms with Crippen LogP contribution < -0.4 is 4.74 Å². The number of benzene rings is 4. The Morgan fingerprint density at radius 2 is 1.37 bits per heavy atom. The molecule has 0 fully saturated rings. The summed E-state index contributed by atoms with van der Waals surface area (Å²) in [4.78, 5) is 4.29. The molecule has 0 aromatic heterocycles. The quantitative estimate of drug-likeness (QED) is 0.147. The maximum atomic E-state index is 13.6. The summed E-state index contributed by atoms with van der Waals surface area (Å²) in [5.74, 6) is 0.832. The zero-order valence-electron chi connectivity index (χ0n) is 23.4. The highest BCUT2D eigenvalue weighted by atomic mass is 35.5. The van der Waals surface area contributed by atoms with Crippen LogP contribution in [-0.2, 0) is 19.3 Å². The molecule has 4 aromatic rings. The predicted octanol–water partition coefficient (Wildman–Crippen LogP) is 8.52. The van der Waals surface area contributed by atoms with Crippen molar-refractivity contribution in [3.05, 3.63) is 136 Å². The second-order valence-corrected chi connectivity index (χ2v) is 10.8. The Morgan fingerprint density at radius 1 is 0.756 bits per heavy atom. The van der Waals surface area contributed by atoms with Gasteiger partial charge in [0.15, 0.2) is 0 Å². The second kappa shape index (κ2) is 14.5. The normalized spacial score (nSPS) is 11.9. The highest BCUT2D eigenvalue weighted by molar-refractivity contribution is 6.32. The minimum Gasteiger partial charge on any atom is -0.494 e. The van der Waals surface area contributed by atoms with Gasteiger partial charge in [-0.25, -0.2) is 0 Å². The fraction of sp³-hybridized carbons (Fsp3) is 0.294. The third-order valence-electron chi connectivity index (χ3n) is 6.93. The van der Waals surface area contributed by atoms with E-state index in [2.05, 4.69) is 46.2 Å². The Balaban J connectivity index is 1.52. The first-order chi connectivity index (χ1) is 19.7. The molecule has 7 heteroatoms. The number of hydrogen-bond donors (Lipinski definition) is 0. The maximum absolute atomic E-state index is 13.6. The lowest BCUT2D eigenvalue weighted by molar-refractivity contribution is -0.137. The van der Waals surface area contributed by atoms with Gasteiger partial charge in [-0.15, -0.1) is 0 Å². The zero-order valence-corrected chi connectivity index (χ0v) is 24.2. The Labute approximate surface area is 246 Å². The number of nitrogens with zero attached hydrogens (tertiary/aromatic N) is 2. The van der Waals surface area contributed by atoms with E-state index in [1.54, 1.807) is 6.07 Å². The van der Waals surface area contributed by atoms with Crippen LogP contribution in [0.2, 0.25) is 5.02 Å². The standard InChI is InChI=1S/C34H36ClF3N2O/c1-39(2)23-26-17-19-30(20-18-26)41-22-10-21-40(24-29-15-9-16-32(33(29)35)34(36,37)38)25-31(27-11-5-3-6-12-27)28-13-7-4-8-14-28/h3-9,11-20,31H,10,21-25H2,1-2H3.